The summed E-state index contributed by atoms with van der Waals surface area (Å²) in [5.41, 5.74) is 10.1. The minimum absolute atomic E-state index is 0.0298. The molecule has 4 nitrogen and oxygen atoms in total. The first kappa shape index (κ1) is 7.74. The van der Waals surface area contributed by atoms with Crippen molar-refractivity contribution in [2.45, 2.75) is 0 Å². The third-order valence-electron chi connectivity index (χ3n) is 0.901. The van der Waals surface area contributed by atoms with Crippen LogP contribution in [0, 0.1) is 0 Å². The number of hydrogen-bond acceptors (Lipinski definition) is 3. The fraction of sp³-hybridized carbons (Fsp3) is 0. The van der Waals surface area contributed by atoms with Gasteiger partial charge < -0.3 is 11.5 Å². The molecule has 0 aromatic carbocycles. The number of rotatable bonds is 2. The van der Waals surface area contributed by atoms with Crippen LogP contribution in [0.25, 0.3) is 0 Å². The highest BCUT2D eigenvalue weighted by molar-refractivity contribution is 7.11. The van der Waals surface area contributed by atoms with Gasteiger partial charge in [-0.1, -0.05) is 6.07 Å². The van der Waals surface area contributed by atoms with Crippen LogP contribution in [0.5, 0.6) is 0 Å². The number of guanidine groups is 1. The summed E-state index contributed by atoms with van der Waals surface area (Å²) in [7, 11) is 0. The molecule has 0 amide bonds. The lowest BCUT2D eigenvalue weighted by molar-refractivity contribution is 1.22. The van der Waals surface area contributed by atoms with Crippen LogP contribution >= 0.6 is 11.3 Å². The fourth-order valence-electron chi connectivity index (χ4n) is 0.517. The first-order chi connectivity index (χ1) is 5.29. The van der Waals surface area contributed by atoms with E-state index < -0.39 is 0 Å². The van der Waals surface area contributed by atoms with Crippen molar-refractivity contribution in [1.29, 1.82) is 0 Å². The van der Waals surface area contributed by atoms with Gasteiger partial charge in [0, 0.05) is 4.88 Å². The van der Waals surface area contributed by atoms with Crippen molar-refractivity contribution in [3.63, 3.8) is 0 Å². The van der Waals surface area contributed by atoms with Crippen molar-refractivity contribution in [3.05, 3.63) is 22.4 Å². The third kappa shape index (κ3) is 2.81. The average Bonchev–Trinajstić information content (AvgIpc) is 2.39. The van der Waals surface area contributed by atoms with Gasteiger partial charge in [0.2, 0.25) is 5.96 Å². The molecule has 11 heavy (non-hydrogen) atoms. The van der Waals surface area contributed by atoms with E-state index in [0.717, 1.165) is 4.88 Å². The zero-order valence-corrected chi connectivity index (χ0v) is 6.58. The summed E-state index contributed by atoms with van der Waals surface area (Å²) in [6.45, 7) is 0. The Morgan fingerprint density at radius 2 is 2.36 bits per heavy atom. The molecule has 58 valence electrons. The summed E-state index contributed by atoms with van der Waals surface area (Å²) in [6.07, 6.45) is 1.60. The summed E-state index contributed by atoms with van der Waals surface area (Å²) in [4.78, 5) is 1.02. The number of nitrogens with two attached hydrogens (primary N) is 2. The first-order valence-corrected chi connectivity index (χ1v) is 3.82. The Morgan fingerprint density at radius 1 is 1.55 bits per heavy atom. The molecule has 0 bridgehead atoms. The minimum Gasteiger partial charge on any atom is -0.369 e. The first-order valence-electron chi connectivity index (χ1n) is 2.94. The van der Waals surface area contributed by atoms with Gasteiger partial charge in [0.25, 0.3) is 0 Å². The van der Waals surface area contributed by atoms with E-state index in [2.05, 4.69) is 10.2 Å². The van der Waals surface area contributed by atoms with Gasteiger partial charge >= 0.3 is 0 Å². The van der Waals surface area contributed by atoms with Crippen LogP contribution in [0.3, 0.4) is 0 Å². The van der Waals surface area contributed by atoms with Crippen LogP contribution in [0.1, 0.15) is 4.88 Å². The number of thiophene rings is 1. The lowest BCUT2D eigenvalue weighted by Crippen LogP contribution is -2.21. The van der Waals surface area contributed by atoms with Gasteiger partial charge in [-0.05, 0) is 11.4 Å². The molecule has 1 aromatic heterocycles. The molecule has 0 aliphatic carbocycles. The van der Waals surface area contributed by atoms with E-state index in [4.69, 9.17) is 11.5 Å². The standard InChI is InChI=1S/C6H8N4S/c7-6(8)10-9-4-5-2-1-3-11-5/h1-4H,(H4,7,8,10)/b9-4-. The molecule has 0 spiro atoms. The molecule has 0 aliphatic rings. The maximum Gasteiger partial charge on any atom is 0.211 e. The largest absolute Gasteiger partial charge is 0.369 e. The lowest BCUT2D eigenvalue weighted by atomic mass is 10.5. The Morgan fingerprint density at radius 3 is 2.91 bits per heavy atom. The Kier molecular flexibility index (Phi) is 2.62. The fourth-order valence-corrected chi connectivity index (χ4v) is 1.10. The maximum absolute atomic E-state index is 5.05. The van der Waals surface area contributed by atoms with E-state index in [1.165, 1.54) is 0 Å². The van der Waals surface area contributed by atoms with Crippen LogP contribution in [-0.4, -0.2) is 12.2 Å². The number of hydrogen-bond donors (Lipinski definition) is 2. The van der Waals surface area contributed by atoms with Gasteiger partial charge in [0.05, 0.1) is 6.21 Å². The molecular weight excluding hydrogens is 160 g/mol. The van der Waals surface area contributed by atoms with Crippen LogP contribution < -0.4 is 11.5 Å². The predicted molar refractivity (Wildman–Crippen MR) is 47.7 cm³/mol. The second-order valence-electron chi connectivity index (χ2n) is 1.78. The zero-order valence-electron chi connectivity index (χ0n) is 5.77. The van der Waals surface area contributed by atoms with Gasteiger partial charge in [-0.2, -0.15) is 5.10 Å². The highest BCUT2D eigenvalue weighted by atomic mass is 32.1. The molecule has 1 rings (SSSR count). The molecular formula is C6H8N4S. The van der Waals surface area contributed by atoms with E-state index in [9.17, 15) is 0 Å². The monoisotopic (exact) mass is 168 g/mol. The Labute approximate surface area is 68.2 Å². The summed E-state index contributed by atoms with van der Waals surface area (Å²) in [5.74, 6) is -0.0298. The highest BCUT2D eigenvalue weighted by Gasteiger charge is 1.84. The molecule has 0 saturated carbocycles. The molecule has 5 heteroatoms. The molecule has 1 aromatic rings. The van der Waals surface area contributed by atoms with Crippen molar-refractivity contribution in [2.75, 3.05) is 0 Å². The van der Waals surface area contributed by atoms with Crippen molar-refractivity contribution in [1.82, 2.24) is 0 Å². The van der Waals surface area contributed by atoms with Crippen molar-refractivity contribution in [2.24, 2.45) is 21.7 Å². The quantitative estimate of drug-likeness (QED) is 0.380. The van der Waals surface area contributed by atoms with Gasteiger partial charge in [0.15, 0.2) is 0 Å². The maximum atomic E-state index is 5.05. The Bertz CT molecular complexity index is 258. The van der Waals surface area contributed by atoms with E-state index in [-0.39, 0.29) is 5.96 Å². The SMILES string of the molecule is NC(N)=N/N=C\c1cccs1. The minimum atomic E-state index is -0.0298. The van der Waals surface area contributed by atoms with E-state index >= 15 is 0 Å². The molecule has 0 aliphatic heterocycles. The third-order valence-corrected chi connectivity index (χ3v) is 1.71. The normalized spacial score (nSPS) is 10.2. The van der Waals surface area contributed by atoms with E-state index in [1.807, 2.05) is 17.5 Å². The van der Waals surface area contributed by atoms with Gasteiger partial charge in [-0.15, -0.1) is 16.4 Å². The molecule has 0 radical (unpaired) electrons. The molecule has 4 N–H and O–H groups in total. The summed E-state index contributed by atoms with van der Waals surface area (Å²) < 4.78 is 0. The molecule has 0 saturated heterocycles. The van der Waals surface area contributed by atoms with Gasteiger partial charge in [-0.3, -0.25) is 0 Å². The molecule has 0 unspecified atom stereocenters. The second kappa shape index (κ2) is 3.72. The second-order valence-corrected chi connectivity index (χ2v) is 2.76. The lowest BCUT2D eigenvalue weighted by Gasteiger charge is -1.82. The highest BCUT2D eigenvalue weighted by Crippen LogP contribution is 2.04. The number of nitrogens with zero attached hydrogens (tertiary/aromatic N) is 2. The van der Waals surface area contributed by atoms with Crippen LogP contribution in [-0.2, 0) is 0 Å². The zero-order chi connectivity index (χ0) is 8.10. The van der Waals surface area contributed by atoms with Crippen LogP contribution in [0.15, 0.2) is 27.7 Å². The Hall–Kier alpha value is -1.36. The van der Waals surface area contributed by atoms with Crippen molar-refractivity contribution in [3.8, 4) is 0 Å². The summed E-state index contributed by atoms with van der Waals surface area (Å²) >= 11 is 1.57. The summed E-state index contributed by atoms with van der Waals surface area (Å²) in [5, 5.41) is 9.04. The molecule has 0 atom stereocenters. The van der Waals surface area contributed by atoms with Gasteiger partial charge in [0.1, 0.15) is 0 Å². The Balaban J connectivity index is 2.56. The van der Waals surface area contributed by atoms with E-state index in [1.54, 1.807) is 17.6 Å². The van der Waals surface area contributed by atoms with Crippen molar-refractivity contribution >= 4 is 23.5 Å². The van der Waals surface area contributed by atoms with E-state index in [0.29, 0.717) is 0 Å². The molecule has 0 fully saturated rings. The molecule has 1 heterocycles. The smallest absolute Gasteiger partial charge is 0.211 e. The predicted octanol–water partition coefficient (Wildman–Crippen LogP) is 0.355. The van der Waals surface area contributed by atoms with Crippen molar-refractivity contribution < 1.29 is 0 Å². The van der Waals surface area contributed by atoms with Crippen LogP contribution in [0.4, 0.5) is 0 Å². The topological polar surface area (TPSA) is 76.8 Å². The van der Waals surface area contributed by atoms with Gasteiger partial charge in [-0.25, -0.2) is 0 Å². The average molecular weight is 168 g/mol. The summed E-state index contributed by atoms with van der Waals surface area (Å²) in [6, 6.07) is 3.86. The van der Waals surface area contributed by atoms with Crippen LogP contribution in [0.2, 0.25) is 0 Å².